The molecule has 14 heavy (non-hydrogen) atoms. The van der Waals surface area contributed by atoms with Crippen molar-refractivity contribution in [2.24, 2.45) is 0 Å². The molecule has 0 aromatic carbocycles. The van der Waals surface area contributed by atoms with E-state index < -0.39 is 10.0 Å². The summed E-state index contributed by atoms with van der Waals surface area (Å²) in [7, 11) is -1.42. The van der Waals surface area contributed by atoms with Gasteiger partial charge in [0.2, 0.25) is 10.0 Å². The Balaban J connectivity index is 4.17. The summed E-state index contributed by atoms with van der Waals surface area (Å²) >= 11 is 0. The minimum Gasteiger partial charge on any atom is -0.316 e. The molecule has 0 bridgehead atoms. The number of rotatable bonds is 7. The molecule has 0 aromatic rings. The van der Waals surface area contributed by atoms with Crippen molar-refractivity contribution >= 4 is 10.0 Å². The Bertz CT molecular complexity index is 239. The van der Waals surface area contributed by atoms with Crippen LogP contribution >= 0.6 is 0 Å². The quantitative estimate of drug-likeness (QED) is 0.644. The fourth-order valence-corrected chi connectivity index (χ4v) is 2.44. The maximum atomic E-state index is 11.7. The van der Waals surface area contributed by atoms with Crippen molar-refractivity contribution in [3.8, 4) is 0 Å². The van der Waals surface area contributed by atoms with Gasteiger partial charge in [-0.05, 0) is 19.9 Å². The van der Waals surface area contributed by atoms with E-state index in [-0.39, 0.29) is 11.8 Å². The van der Waals surface area contributed by atoms with E-state index in [1.807, 2.05) is 20.8 Å². The molecule has 5 heteroatoms. The Morgan fingerprint density at radius 2 is 1.93 bits per heavy atom. The molecule has 0 rings (SSSR count). The highest BCUT2D eigenvalue weighted by Gasteiger charge is 2.21. The van der Waals surface area contributed by atoms with E-state index >= 15 is 0 Å². The van der Waals surface area contributed by atoms with Crippen LogP contribution in [0.2, 0.25) is 0 Å². The molecule has 0 aromatic heterocycles. The van der Waals surface area contributed by atoms with Crippen molar-refractivity contribution in [1.82, 2.24) is 9.62 Å². The summed E-state index contributed by atoms with van der Waals surface area (Å²) in [6, 6.07) is 0.0848. The zero-order valence-corrected chi connectivity index (χ0v) is 10.4. The summed E-state index contributed by atoms with van der Waals surface area (Å²) in [4.78, 5) is 0. The summed E-state index contributed by atoms with van der Waals surface area (Å²) in [6.07, 6.45) is 0.844. The zero-order valence-electron chi connectivity index (χ0n) is 9.58. The first-order valence-corrected chi connectivity index (χ1v) is 6.73. The highest BCUT2D eigenvalue weighted by molar-refractivity contribution is 7.89. The fraction of sp³-hybridized carbons (Fsp3) is 1.00. The van der Waals surface area contributed by atoms with E-state index in [0.29, 0.717) is 6.54 Å². The van der Waals surface area contributed by atoms with Crippen LogP contribution in [0.1, 0.15) is 27.2 Å². The summed E-state index contributed by atoms with van der Waals surface area (Å²) in [5, 5.41) is 3.01. The van der Waals surface area contributed by atoms with E-state index in [1.54, 1.807) is 7.05 Å². The molecule has 0 radical (unpaired) electrons. The third-order valence-electron chi connectivity index (χ3n) is 2.44. The van der Waals surface area contributed by atoms with Crippen molar-refractivity contribution in [3.05, 3.63) is 0 Å². The van der Waals surface area contributed by atoms with Crippen molar-refractivity contribution in [2.45, 2.75) is 33.2 Å². The average molecular weight is 222 g/mol. The molecule has 0 fully saturated rings. The van der Waals surface area contributed by atoms with Gasteiger partial charge in [-0.25, -0.2) is 12.7 Å². The molecule has 0 saturated carbocycles. The second-order valence-electron chi connectivity index (χ2n) is 3.44. The Labute approximate surface area is 87.7 Å². The highest BCUT2D eigenvalue weighted by Crippen LogP contribution is 2.06. The van der Waals surface area contributed by atoms with E-state index in [2.05, 4.69) is 5.32 Å². The molecule has 0 spiro atoms. The Kier molecular flexibility index (Phi) is 6.31. The molecule has 1 atom stereocenters. The Morgan fingerprint density at radius 1 is 1.36 bits per heavy atom. The van der Waals surface area contributed by atoms with Gasteiger partial charge in [-0.3, -0.25) is 0 Å². The predicted molar refractivity (Wildman–Crippen MR) is 59.8 cm³/mol. The normalized spacial score (nSPS) is 14.6. The lowest BCUT2D eigenvalue weighted by Gasteiger charge is -2.23. The molecule has 0 heterocycles. The van der Waals surface area contributed by atoms with Crippen LogP contribution in [-0.2, 0) is 10.0 Å². The molecular formula is C9H22N2O2S. The molecule has 0 aliphatic carbocycles. The lowest BCUT2D eigenvalue weighted by Crippen LogP contribution is -2.38. The average Bonchev–Trinajstić information content (AvgIpc) is 2.15. The number of nitrogens with zero attached hydrogens (tertiary/aromatic N) is 1. The first-order chi connectivity index (χ1) is 6.45. The molecule has 0 saturated heterocycles. The fourth-order valence-electron chi connectivity index (χ4n) is 1.05. The van der Waals surface area contributed by atoms with Gasteiger partial charge in [-0.1, -0.05) is 13.8 Å². The van der Waals surface area contributed by atoms with Gasteiger partial charge in [0.15, 0.2) is 0 Å². The van der Waals surface area contributed by atoms with Gasteiger partial charge >= 0.3 is 0 Å². The van der Waals surface area contributed by atoms with Crippen LogP contribution in [0.3, 0.4) is 0 Å². The molecule has 0 aliphatic rings. The minimum atomic E-state index is -3.07. The monoisotopic (exact) mass is 222 g/mol. The van der Waals surface area contributed by atoms with Gasteiger partial charge in [0, 0.05) is 19.6 Å². The van der Waals surface area contributed by atoms with Crippen molar-refractivity contribution in [1.29, 1.82) is 0 Å². The van der Waals surface area contributed by atoms with E-state index in [0.717, 1.165) is 13.0 Å². The largest absolute Gasteiger partial charge is 0.316 e. The lowest BCUT2D eigenvalue weighted by molar-refractivity contribution is 0.380. The smallest absolute Gasteiger partial charge is 0.215 e. The van der Waals surface area contributed by atoms with Gasteiger partial charge in [0.25, 0.3) is 0 Å². The maximum absolute atomic E-state index is 11.7. The standard InChI is InChI=1S/C9H22N2O2S/c1-5-9(3)11(4)14(12,13)8-7-10-6-2/h9-10H,5-8H2,1-4H3. The number of hydrogen-bond donors (Lipinski definition) is 1. The van der Waals surface area contributed by atoms with Gasteiger partial charge < -0.3 is 5.32 Å². The molecule has 0 amide bonds. The predicted octanol–water partition coefficient (Wildman–Crippen LogP) is 0.656. The Hall–Kier alpha value is -0.130. The molecule has 1 unspecified atom stereocenters. The lowest BCUT2D eigenvalue weighted by atomic mass is 10.3. The van der Waals surface area contributed by atoms with Crippen molar-refractivity contribution < 1.29 is 8.42 Å². The van der Waals surface area contributed by atoms with Crippen LogP contribution in [0.25, 0.3) is 0 Å². The van der Waals surface area contributed by atoms with Gasteiger partial charge in [0.1, 0.15) is 0 Å². The molecule has 1 N–H and O–H groups in total. The van der Waals surface area contributed by atoms with Crippen LogP contribution in [0.4, 0.5) is 0 Å². The number of nitrogens with one attached hydrogen (secondary N) is 1. The zero-order chi connectivity index (χ0) is 11.2. The second kappa shape index (κ2) is 6.37. The van der Waals surface area contributed by atoms with E-state index in [4.69, 9.17) is 0 Å². The van der Waals surface area contributed by atoms with Gasteiger partial charge in [-0.2, -0.15) is 0 Å². The first-order valence-electron chi connectivity index (χ1n) is 5.12. The van der Waals surface area contributed by atoms with Crippen LogP contribution in [0, 0.1) is 0 Å². The third kappa shape index (κ3) is 4.39. The second-order valence-corrected chi connectivity index (χ2v) is 5.59. The van der Waals surface area contributed by atoms with Crippen LogP contribution < -0.4 is 5.32 Å². The van der Waals surface area contributed by atoms with Crippen LogP contribution in [0.5, 0.6) is 0 Å². The van der Waals surface area contributed by atoms with Crippen molar-refractivity contribution in [3.63, 3.8) is 0 Å². The SMILES string of the molecule is CCNCCS(=O)(=O)N(C)C(C)CC. The number of sulfonamides is 1. The number of hydrogen-bond acceptors (Lipinski definition) is 3. The van der Waals surface area contributed by atoms with Crippen LogP contribution in [-0.4, -0.2) is 44.7 Å². The molecule has 86 valence electrons. The maximum Gasteiger partial charge on any atom is 0.215 e. The molecule has 4 nitrogen and oxygen atoms in total. The molecule has 0 aliphatic heterocycles. The minimum absolute atomic E-state index is 0.0848. The third-order valence-corrected chi connectivity index (χ3v) is 4.39. The van der Waals surface area contributed by atoms with Gasteiger partial charge in [0.05, 0.1) is 5.75 Å². The molecular weight excluding hydrogens is 200 g/mol. The summed E-state index contributed by atoms with van der Waals surface area (Å²) in [6.45, 7) is 7.21. The topological polar surface area (TPSA) is 49.4 Å². The van der Waals surface area contributed by atoms with Crippen molar-refractivity contribution in [2.75, 3.05) is 25.9 Å². The Morgan fingerprint density at radius 3 is 2.36 bits per heavy atom. The summed E-state index contributed by atoms with van der Waals surface area (Å²) in [5.74, 6) is 0.182. The van der Waals surface area contributed by atoms with E-state index in [9.17, 15) is 8.42 Å². The summed E-state index contributed by atoms with van der Waals surface area (Å²) < 4.78 is 24.8. The summed E-state index contributed by atoms with van der Waals surface area (Å²) in [5.41, 5.74) is 0. The van der Waals surface area contributed by atoms with Gasteiger partial charge in [-0.15, -0.1) is 0 Å². The van der Waals surface area contributed by atoms with Crippen LogP contribution in [0.15, 0.2) is 0 Å². The highest BCUT2D eigenvalue weighted by atomic mass is 32.2. The first kappa shape index (κ1) is 13.9. The van der Waals surface area contributed by atoms with E-state index in [1.165, 1.54) is 4.31 Å².